The number of amides is 1. The van der Waals surface area contributed by atoms with E-state index in [0.29, 0.717) is 24.5 Å². The third-order valence-electron chi connectivity index (χ3n) is 5.22. The summed E-state index contributed by atoms with van der Waals surface area (Å²) < 4.78 is 14.6. The van der Waals surface area contributed by atoms with Gasteiger partial charge in [0, 0.05) is 35.9 Å². The summed E-state index contributed by atoms with van der Waals surface area (Å²) in [6, 6.07) is 16.0. The maximum absolute atomic E-state index is 13.6. The average Bonchev–Trinajstić information content (AvgIpc) is 2.79. The molecular weight excluding hydrogens is 447 g/mol. The van der Waals surface area contributed by atoms with Crippen LogP contribution in [-0.4, -0.2) is 29.0 Å². The van der Waals surface area contributed by atoms with Crippen molar-refractivity contribution < 1.29 is 9.18 Å². The van der Waals surface area contributed by atoms with Gasteiger partial charge in [-0.25, -0.2) is 14.4 Å². The number of hydrogen-bond donors (Lipinski definition) is 1. The molecule has 0 aliphatic carbocycles. The molecule has 5 nitrogen and oxygen atoms in total. The second-order valence-corrected chi connectivity index (χ2v) is 8.29. The molecule has 2 aromatic carbocycles. The van der Waals surface area contributed by atoms with Crippen molar-refractivity contribution in [3.8, 4) is 11.4 Å². The Hall–Kier alpha value is -2.80. The van der Waals surface area contributed by atoms with Gasteiger partial charge in [0.2, 0.25) is 5.91 Å². The summed E-state index contributed by atoms with van der Waals surface area (Å²) in [7, 11) is 0. The zero-order valence-electron chi connectivity index (χ0n) is 16.4. The SMILES string of the molecule is O=C(NCc1ccc(Br)cc1)C1CCCN(c2ccnc(-c3cccc(F)c3)n2)C1. The van der Waals surface area contributed by atoms with Crippen molar-refractivity contribution in [3.63, 3.8) is 0 Å². The van der Waals surface area contributed by atoms with Crippen molar-refractivity contribution in [3.05, 3.63) is 76.6 Å². The number of halogens is 2. The van der Waals surface area contributed by atoms with E-state index in [9.17, 15) is 9.18 Å². The summed E-state index contributed by atoms with van der Waals surface area (Å²) in [4.78, 5) is 23.7. The third kappa shape index (κ3) is 5.02. The predicted octanol–water partition coefficient (Wildman–Crippen LogP) is 4.58. The van der Waals surface area contributed by atoms with Gasteiger partial charge in [-0.3, -0.25) is 4.79 Å². The maximum Gasteiger partial charge on any atom is 0.225 e. The van der Waals surface area contributed by atoms with Gasteiger partial charge in [-0.1, -0.05) is 40.2 Å². The number of rotatable bonds is 5. The molecule has 1 fully saturated rings. The van der Waals surface area contributed by atoms with Gasteiger partial charge in [-0.05, 0) is 48.7 Å². The summed E-state index contributed by atoms with van der Waals surface area (Å²) in [5, 5.41) is 3.05. The molecule has 0 bridgehead atoms. The van der Waals surface area contributed by atoms with Crippen LogP contribution in [-0.2, 0) is 11.3 Å². The maximum atomic E-state index is 13.6. The van der Waals surface area contributed by atoms with E-state index in [4.69, 9.17) is 0 Å². The van der Waals surface area contributed by atoms with Gasteiger partial charge >= 0.3 is 0 Å². The minimum atomic E-state index is -0.318. The highest BCUT2D eigenvalue weighted by Gasteiger charge is 2.26. The van der Waals surface area contributed by atoms with Crippen molar-refractivity contribution in [2.45, 2.75) is 19.4 Å². The van der Waals surface area contributed by atoms with E-state index in [1.807, 2.05) is 30.3 Å². The lowest BCUT2D eigenvalue weighted by molar-refractivity contribution is -0.125. The fourth-order valence-electron chi connectivity index (χ4n) is 3.63. The van der Waals surface area contributed by atoms with Gasteiger partial charge in [0.15, 0.2) is 5.82 Å². The fraction of sp³-hybridized carbons (Fsp3) is 0.261. The van der Waals surface area contributed by atoms with Crippen LogP contribution in [0.1, 0.15) is 18.4 Å². The van der Waals surface area contributed by atoms with E-state index in [1.165, 1.54) is 12.1 Å². The van der Waals surface area contributed by atoms with E-state index >= 15 is 0 Å². The highest BCUT2D eigenvalue weighted by molar-refractivity contribution is 9.10. The van der Waals surface area contributed by atoms with E-state index in [1.54, 1.807) is 18.3 Å². The number of carbonyl (C=O) groups is 1. The number of hydrogen-bond acceptors (Lipinski definition) is 4. The van der Waals surface area contributed by atoms with Crippen molar-refractivity contribution in [2.24, 2.45) is 5.92 Å². The Morgan fingerprint density at radius 2 is 2.03 bits per heavy atom. The van der Waals surface area contributed by atoms with Crippen LogP contribution >= 0.6 is 15.9 Å². The van der Waals surface area contributed by atoms with Crippen LogP contribution in [0.3, 0.4) is 0 Å². The summed E-state index contributed by atoms with van der Waals surface area (Å²) in [6.45, 7) is 1.95. The Balaban J connectivity index is 1.41. The molecule has 1 saturated heterocycles. The average molecular weight is 469 g/mol. The molecule has 1 aliphatic heterocycles. The van der Waals surface area contributed by atoms with Crippen LogP contribution in [0.4, 0.5) is 10.2 Å². The van der Waals surface area contributed by atoms with Gasteiger partial charge in [0.25, 0.3) is 0 Å². The fourth-order valence-corrected chi connectivity index (χ4v) is 3.89. The lowest BCUT2D eigenvalue weighted by Gasteiger charge is -2.33. The first-order valence-electron chi connectivity index (χ1n) is 9.94. The number of nitrogens with one attached hydrogen (secondary N) is 1. The van der Waals surface area contributed by atoms with E-state index in [-0.39, 0.29) is 17.6 Å². The molecule has 4 rings (SSSR count). The first-order chi connectivity index (χ1) is 14.6. The van der Waals surface area contributed by atoms with Crippen LogP contribution < -0.4 is 10.2 Å². The standard InChI is InChI=1S/C23H22BrFN4O/c24-19-8-6-16(7-9-19)14-27-23(30)18-4-2-12-29(15-18)21-10-11-26-22(28-21)17-3-1-5-20(25)13-17/h1,3,5-11,13,18H,2,4,12,14-15H2,(H,27,30). The molecule has 0 radical (unpaired) electrons. The molecule has 1 atom stereocenters. The molecule has 1 amide bonds. The van der Waals surface area contributed by atoms with Crippen molar-refractivity contribution >= 4 is 27.7 Å². The van der Waals surface area contributed by atoms with E-state index < -0.39 is 0 Å². The summed E-state index contributed by atoms with van der Waals surface area (Å²) in [5.74, 6) is 0.884. The highest BCUT2D eigenvalue weighted by atomic mass is 79.9. The molecule has 1 N–H and O–H groups in total. The molecule has 7 heteroatoms. The molecule has 1 unspecified atom stereocenters. The molecule has 0 spiro atoms. The Labute approximate surface area is 183 Å². The van der Waals surface area contributed by atoms with Gasteiger partial charge in [-0.15, -0.1) is 0 Å². The lowest BCUT2D eigenvalue weighted by atomic mass is 9.97. The second kappa shape index (κ2) is 9.34. The number of anilines is 1. The van der Waals surface area contributed by atoms with Gasteiger partial charge in [0.1, 0.15) is 11.6 Å². The molecular formula is C23H22BrFN4O. The zero-order chi connectivity index (χ0) is 20.9. The summed E-state index contributed by atoms with van der Waals surface area (Å²) in [6.07, 6.45) is 3.44. The molecule has 154 valence electrons. The summed E-state index contributed by atoms with van der Waals surface area (Å²) in [5.41, 5.74) is 1.70. The van der Waals surface area contributed by atoms with Crippen molar-refractivity contribution in [2.75, 3.05) is 18.0 Å². The largest absolute Gasteiger partial charge is 0.356 e. The lowest BCUT2D eigenvalue weighted by Crippen LogP contribution is -2.43. The van der Waals surface area contributed by atoms with Gasteiger partial charge < -0.3 is 10.2 Å². The number of carbonyl (C=O) groups excluding carboxylic acids is 1. The smallest absolute Gasteiger partial charge is 0.225 e. The van der Waals surface area contributed by atoms with Crippen LogP contribution in [0.15, 0.2) is 65.3 Å². The van der Waals surface area contributed by atoms with Crippen molar-refractivity contribution in [1.82, 2.24) is 15.3 Å². The van der Waals surface area contributed by atoms with E-state index in [2.05, 4.69) is 36.1 Å². The van der Waals surface area contributed by atoms with Crippen LogP contribution in [0.5, 0.6) is 0 Å². The number of nitrogens with zero attached hydrogens (tertiary/aromatic N) is 3. The third-order valence-corrected chi connectivity index (χ3v) is 5.75. The van der Waals surface area contributed by atoms with Gasteiger partial charge in [-0.2, -0.15) is 0 Å². The quantitative estimate of drug-likeness (QED) is 0.595. The molecule has 3 aromatic rings. The van der Waals surface area contributed by atoms with Gasteiger partial charge in [0.05, 0.1) is 5.92 Å². The number of aromatic nitrogens is 2. The Morgan fingerprint density at radius 1 is 1.20 bits per heavy atom. The number of benzene rings is 2. The highest BCUT2D eigenvalue weighted by Crippen LogP contribution is 2.24. The first-order valence-corrected chi connectivity index (χ1v) is 10.7. The van der Waals surface area contributed by atoms with Crippen LogP contribution in [0.25, 0.3) is 11.4 Å². The van der Waals surface area contributed by atoms with Crippen LogP contribution in [0, 0.1) is 11.7 Å². The number of piperidine rings is 1. The Kier molecular flexibility index (Phi) is 6.38. The molecule has 1 aromatic heterocycles. The Morgan fingerprint density at radius 3 is 2.83 bits per heavy atom. The minimum absolute atomic E-state index is 0.0574. The predicted molar refractivity (Wildman–Crippen MR) is 118 cm³/mol. The molecule has 1 aliphatic rings. The molecule has 30 heavy (non-hydrogen) atoms. The minimum Gasteiger partial charge on any atom is -0.356 e. The normalized spacial score (nSPS) is 16.3. The monoisotopic (exact) mass is 468 g/mol. The Bertz CT molecular complexity index is 1030. The van der Waals surface area contributed by atoms with Crippen LogP contribution in [0.2, 0.25) is 0 Å². The molecule has 0 saturated carbocycles. The second-order valence-electron chi connectivity index (χ2n) is 7.38. The van der Waals surface area contributed by atoms with Crippen molar-refractivity contribution in [1.29, 1.82) is 0 Å². The summed E-state index contributed by atoms with van der Waals surface area (Å²) >= 11 is 3.42. The topological polar surface area (TPSA) is 58.1 Å². The first kappa shape index (κ1) is 20.5. The zero-order valence-corrected chi connectivity index (χ0v) is 18.0. The molecule has 2 heterocycles. The van der Waals surface area contributed by atoms with E-state index in [0.717, 1.165) is 35.2 Å².